The van der Waals surface area contributed by atoms with Crippen molar-refractivity contribution >= 4 is 21.9 Å². The first-order valence-corrected chi connectivity index (χ1v) is 5.90. The normalized spacial score (nSPS) is 12.4. The van der Waals surface area contributed by atoms with Crippen LogP contribution in [0.3, 0.4) is 0 Å². The Balaban J connectivity index is 2.92. The number of hydrogen-bond donors (Lipinski definition) is 1. The molecule has 1 heterocycles. The predicted octanol–water partition coefficient (Wildman–Crippen LogP) is 3.34. The van der Waals surface area contributed by atoms with Gasteiger partial charge in [0.15, 0.2) is 5.82 Å². The predicted molar refractivity (Wildman–Crippen MR) is 61.8 cm³/mol. The minimum Gasteiger partial charge on any atom is -0.481 e. The Morgan fingerprint density at radius 1 is 1.62 bits per heavy atom. The van der Waals surface area contributed by atoms with Gasteiger partial charge in [0, 0.05) is 0 Å². The second-order valence-electron chi connectivity index (χ2n) is 3.54. The Hall–Kier alpha value is -0.970. The lowest BCUT2D eigenvalue weighted by Crippen LogP contribution is -2.13. The largest absolute Gasteiger partial charge is 0.481 e. The molecule has 1 unspecified atom stereocenters. The molecule has 0 radical (unpaired) electrons. The van der Waals surface area contributed by atoms with E-state index in [0.29, 0.717) is 12.1 Å². The first kappa shape index (κ1) is 13.1. The number of rotatable bonds is 5. The van der Waals surface area contributed by atoms with Crippen LogP contribution >= 0.6 is 15.9 Å². The molecule has 0 amide bonds. The summed E-state index contributed by atoms with van der Waals surface area (Å²) in [6, 6.07) is 2.66. The summed E-state index contributed by atoms with van der Waals surface area (Å²) in [5, 5.41) is 9.06. The fourth-order valence-corrected chi connectivity index (χ4v) is 1.77. The van der Waals surface area contributed by atoms with E-state index in [9.17, 15) is 9.18 Å². The molecule has 0 aromatic carbocycles. The van der Waals surface area contributed by atoms with Crippen molar-refractivity contribution < 1.29 is 14.3 Å². The highest BCUT2D eigenvalue weighted by Gasteiger charge is 2.21. The van der Waals surface area contributed by atoms with E-state index in [1.807, 2.05) is 6.92 Å². The van der Waals surface area contributed by atoms with Gasteiger partial charge in [0.1, 0.15) is 4.60 Å². The van der Waals surface area contributed by atoms with Crippen LogP contribution in [-0.4, -0.2) is 16.1 Å². The van der Waals surface area contributed by atoms with Crippen molar-refractivity contribution in [3.63, 3.8) is 0 Å². The molecule has 16 heavy (non-hydrogen) atoms. The second-order valence-corrected chi connectivity index (χ2v) is 4.29. The van der Waals surface area contributed by atoms with Crippen molar-refractivity contribution in [2.24, 2.45) is 0 Å². The van der Waals surface area contributed by atoms with Crippen LogP contribution in [0.2, 0.25) is 0 Å². The summed E-state index contributed by atoms with van der Waals surface area (Å²) < 4.78 is 13.0. The number of hydrogen-bond acceptors (Lipinski definition) is 2. The summed E-state index contributed by atoms with van der Waals surface area (Å²) in [5.41, 5.74) is 0.397. The van der Waals surface area contributed by atoms with Crippen molar-refractivity contribution in [2.75, 3.05) is 0 Å². The van der Waals surface area contributed by atoms with Gasteiger partial charge in [0.05, 0.1) is 11.6 Å². The van der Waals surface area contributed by atoms with E-state index in [1.54, 1.807) is 0 Å². The number of unbranched alkanes of at least 4 members (excludes halogenated alkanes) is 1. The lowest BCUT2D eigenvalue weighted by Gasteiger charge is -2.11. The molecule has 0 spiro atoms. The number of pyridine rings is 1. The monoisotopic (exact) mass is 289 g/mol. The van der Waals surface area contributed by atoms with E-state index in [-0.39, 0.29) is 4.60 Å². The number of carbonyl (C=O) groups is 1. The number of carboxylic acid groups (broad SMARTS) is 1. The van der Waals surface area contributed by atoms with E-state index in [4.69, 9.17) is 5.11 Å². The molecule has 0 saturated heterocycles. The number of aliphatic carboxylic acids is 1. The molecule has 0 aliphatic carbocycles. The molecule has 1 aromatic heterocycles. The lowest BCUT2D eigenvalue weighted by molar-refractivity contribution is -0.139. The van der Waals surface area contributed by atoms with E-state index in [1.165, 1.54) is 12.1 Å². The van der Waals surface area contributed by atoms with Gasteiger partial charge in [-0.25, -0.2) is 9.37 Å². The first-order valence-electron chi connectivity index (χ1n) is 5.11. The van der Waals surface area contributed by atoms with Gasteiger partial charge in [-0.1, -0.05) is 19.8 Å². The van der Waals surface area contributed by atoms with Crippen LogP contribution in [0.1, 0.15) is 37.8 Å². The molecule has 0 saturated carbocycles. The van der Waals surface area contributed by atoms with E-state index in [2.05, 4.69) is 20.9 Å². The zero-order valence-electron chi connectivity index (χ0n) is 8.91. The standard InChI is InChI=1S/C11H13BrFNO2/c1-2-3-4-7(11(15)16)9-6-5-8(13)10(12)14-9/h5-7H,2-4H2,1H3,(H,15,16). The molecule has 1 atom stereocenters. The zero-order valence-corrected chi connectivity index (χ0v) is 10.5. The minimum atomic E-state index is -0.917. The summed E-state index contributed by atoms with van der Waals surface area (Å²) in [7, 11) is 0. The zero-order chi connectivity index (χ0) is 12.1. The molecule has 3 nitrogen and oxygen atoms in total. The van der Waals surface area contributed by atoms with Gasteiger partial charge in [-0.05, 0) is 34.5 Å². The van der Waals surface area contributed by atoms with Crippen LogP contribution in [0.15, 0.2) is 16.7 Å². The maximum atomic E-state index is 13.0. The summed E-state index contributed by atoms with van der Waals surface area (Å²) in [4.78, 5) is 15.0. The topological polar surface area (TPSA) is 50.2 Å². The lowest BCUT2D eigenvalue weighted by atomic mass is 9.98. The molecular formula is C11H13BrFNO2. The maximum Gasteiger partial charge on any atom is 0.312 e. The van der Waals surface area contributed by atoms with Crippen LogP contribution in [0, 0.1) is 5.82 Å². The van der Waals surface area contributed by atoms with Gasteiger partial charge in [-0.3, -0.25) is 4.79 Å². The third-order valence-corrected chi connectivity index (χ3v) is 2.88. The molecule has 1 rings (SSSR count). The third kappa shape index (κ3) is 3.27. The fourth-order valence-electron chi connectivity index (χ4n) is 1.43. The average Bonchev–Trinajstić information content (AvgIpc) is 2.23. The molecule has 1 aromatic rings. The van der Waals surface area contributed by atoms with E-state index >= 15 is 0 Å². The molecule has 0 aliphatic heterocycles. The quantitative estimate of drug-likeness (QED) is 0.846. The van der Waals surface area contributed by atoms with E-state index < -0.39 is 17.7 Å². The Morgan fingerprint density at radius 3 is 2.81 bits per heavy atom. The highest BCUT2D eigenvalue weighted by Crippen LogP contribution is 2.23. The molecule has 0 aliphatic rings. The molecular weight excluding hydrogens is 277 g/mol. The van der Waals surface area contributed by atoms with Crippen molar-refractivity contribution in [3.05, 3.63) is 28.2 Å². The first-order chi connectivity index (χ1) is 7.56. The van der Waals surface area contributed by atoms with Gasteiger partial charge in [0.2, 0.25) is 0 Å². The third-order valence-electron chi connectivity index (χ3n) is 2.33. The molecule has 1 N–H and O–H groups in total. The summed E-state index contributed by atoms with van der Waals surface area (Å²) >= 11 is 2.95. The van der Waals surface area contributed by atoms with Crippen LogP contribution in [0.4, 0.5) is 4.39 Å². The van der Waals surface area contributed by atoms with Crippen molar-refractivity contribution in [3.8, 4) is 0 Å². The molecule has 88 valence electrons. The van der Waals surface area contributed by atoms with Gasteiger partial charge in [-0.2, -0.15) is 0 Å². The molecule has 0 bridgehead atoms. The molecule has 0 fully saturated rings. The van der Waals surface area contributed by atoms with Crippen LogP contribution in [0.25, 0.3) is 0 Å². The summed E-state index contributed by atoms with van der Waals surface area (Å²) in [6.07, 6.45) is 2.26. The summed E-state index contributed by atoms with van der Waals surface area (Å²) in [6.45, 7) is 1.99. The van der Waals surface area contributed by atoms with Crippen LogP contribution < -0.4 is 0 Å². The Labute approximate surface area is 102 Å². The van der Waals surface area contributed by atoms with Gasteiger partial charge >= 0.3 is 5.97 Å². The number of aromatic nitrogens is 1. The number of carboxylic acids is 1. The smallest absolute Gasteiger partial charge is 0.312 e. The maximum absolute atomic E-state index is 13.0. The van der Waals surface area contributed by atoms with E-state index in [0.717, 1.165) is 12.8 Å². The number of nitrogens with zero attached hydrogens (tertiary/aromatic N) is 1. The molecule has 5 heteroatoms. The van der Waals surface area contributed by atoms with Gasteiger partial charge in [-0.15, -0.1) is 0 Å². The van der Waals surface area contributed by atoms with Crippen molar-refractivity contribution in [2.45, 2.75) is 32.1 Å². The fraction of sp³-hybridized carbons (Fsp3) is 0.455. The highest BCUT2D eigenvalue weighted by molar-refractivity contribution is 9.10. The van der Waals surface area contributed by atoms with Crippen molar-refractivity contribution in [1.82, 2.24) is 4.98 Å². The average molecular weight is 290 g/mol. The minimum absolute atomic E-state index is 0.0627. The Kier molecular flexibility index (Phi) is 4.86. The summed E-state index contributed by atoms with van der Waals surface area (Å²) in [5.74, 6) is -2.06. The Morgan fingerprint density at radius 2 is 2.31 bits per heavy atom. The highest BCUT2D eigenvalue weighted by atomic mass is 79.9. The van der Waals surface area contributed by atoms with Gasteiger partial charge in [0.25, 0.3) is 0 Å². The Bertz CT molecular complexity index is 384. The van der Waals surface area contributed by atoms with Crippen molar-refractivity contribution in [1.29, 1.82) is 0 Å². The SMILES string of the molecule is CCCCC(C(=O)O)c1ccc(F)c(Br)n1. The van der Waals surface area contributed by atoms with Crippen LogP contribution in [-0.2, 0) is 4.79 Å². The van der Waals surface area contributed by atoms with Gasteiger partial charge < -0.3 is 5.11 Å². The second kappa shape index (κ2) is 5.94. The number of halogens is 2. The van der Waals surface area contributed by atoms with Crippen LogP contribution in [0.5, 0.6) is 0 Å².